The number of hydrogen-bond acceptors (Lipinski definition) is 2. The van der Waals surface area contributed by atoms with E-state index in [1.54, 1.807) is 0 Å². The van der Waals surface area contributed by atoms with Gasteiger partial charge in [0.2, 0.25) is 0 Å². The molecule has 0 N–H and O–H groups in total. The molecule has 0 fully saturated rings. The lowest BCUT2D eigenvalue weighted by molar-refractivity contribution is 0.601. The molecule has 5 rings (SSSR count). The molecule has 3 aromatic carbocycles. The number of furan rings is 2. The molecule has 0 aliphatic carbocycles. The first-order valence-electron chi connectivity index (χ1n) is 8.83. The summed E-state index contributed by atoms with van der Waals surface area (Å²) < 4.78 is 12.2. The second-order valence-electron chi connectivity index (χ2n) is 6.58. The van der Waals surface area contributed by atoms with Crippen LogP contribution in [-0.4, -0.2) is 0 Å². The van der Waals surface area contributed by atoms with Crippen LogP contribution in [-0.2, 0) is 0 Å². The van der Waals surface area contributed by atoms with Gasteiger partial charge in [0.25, 0.3) is 0 Å². The molecule has 2 nitrogen and oxygen atoms in total. The Hall–Kier alpha value is -3.26. The lowest BCUT2D eigenvalue weighted by Crippen LogP contribution is -1.79. The molecule has 0 radical (unpaired) electrons. The highest BCUT2D eigenvalue weighted by Gasteiger charge is 2.14. The fourth-order valence-corrected chi connectivity index (χ4v) is 3.70. The zero-order valence-corrected chi connectivity index (χ0v) is 14.7. The van der Waals surface area contributed by atoms with Gasteiger partial charge in [-0.05, 0) is 37.6 Å². The van der Waals surface area contributed by atoms with Gasteiger partial charge in [-0.15, -0.1) is 0 Å². The number of hydrogen-bond donors (Lipinski definition) is 0. The lowest BCUT2D eigenvalue weighted by Gasteiger charge is -2.03. The number of aryl methyl sites for hydroxylation is 1. The number of fused-ring (bicyclic) bond motifs is 4. The minimum absolute atomic E-state index is 0.904. The van der Waals surface area contributed by atoms with Crippen molar-refractivity contribution in [1.82, 2.24) is 0 Å². The molecule has 126 valence electrons. The monoisotopic (exact) mass is 338 g/mol. The minimum Gasteiger partial charge on any atom is -0.456 e. The molecule has 0 aliphatic rings. The predicted octanol–water partition coefficient (Wildman–Crippen LogP) is 7.34. The van der Waals surface area contributed by atoms with Gasteiger partial charge in [0.15, 0.2) is 0 Å². The van der Waals surface area contributed by atoms with Crippen LogP contribution >= 0.6 is 0 Å². The van der Waals surface area contributed by atoms with Crippen molar-refractivity contribution < 1.29 is 8.83 Å². The Balaban J connectivity index is 1.77. The molecular weight excluding hydrogens is 320 g/mol. The quantitative estimate of drug-likeness (QED) is 0.336. The third-order valence-electron chi connectivity index (χ3n) is 5.01. The van der Waals surface area contributed by atoms with Crippen molar-refractivity contribution in [2.75, 3.05) is 0 Å². The molecule has 0 unspecified atom stereocenters. The Morgan fingerprint density at radius 1 is 0.769 bits per heavy atom. The first-order valence-corrected chi connectivity index (χ1v) is 8.83. The Morgan fingerprint density at radius 3 is 2.50 bits per heavy atom. The van der Waals surface area contributed by atoms with E-state index in [2.05, 4.69) is 49.4 Å². The molecule has 0 spiro atoms. The Labute approximate surface area is 151 Å². The van der Waals surface area contributed by atoms with Gasteiger partial charge >= 0.3 is 0 Å². The SMILES string of the molecule is C/C=C\c1oc2cc(-c3cccc4c3oc3ccccc34)ccc2c1C. The van der Waals surface area contributed by atoms with Crippen molar-refractivity contribution >= 4 is 39.0 Å². The zero-order chi connectivity index (χ0) is 17.7. The van der Waals surface area contributed by atoms with Crippen LogP contribution in [0.4, 0.5) is 0 Å². The standard InChI is InChI=1S/C24H18O2/c1-3-7-21-15(2)17-13-12-16(14-23(17)25-21)18-9-6-10-20-19-8-4-5-11-22(19)26-24(18)20/h3-14H,1-2H3/b7-3-. The maximum absolute atomic E-state index is 6.18. The average Bonchev–Trinajstić information content (AvgIpc) is 3.20. The summed E-state index contributed by atoms with van der Waals surface area (Å²) in [5.74, 6) is 0.918. The maximum Gasteiger partial charge on any atom is 0.143 e. The summed E-state index contributed by atoms with van der Waals surface area (Å²) in [4.78, 5) is 0. The van der Waals surface area contributed by atoms with E-state index in [9.17, 15) is 0 Å². The summed E-state index contributed by atoms with van der Waals surface area (Å²) in [6, 6.07) is 20.9. The van der Waals surface area contributed by atoms with Crippen molar-refractivity contribution in [1.29, 1.82) is 0 Å². The number of rotatable bonds is 2. The first kappa shape index (κ1) is 15.0. The Kier molecular flexibility index (Phi) is 3.26. The van der Waals surface area contributed by atoms with Crippen LogP contribution in [0.3, 0.4) is 0 Å². The van der Waals surface area contributed by atoms with Crippen LogP contribution < -0.4 is 0 Å². The molecule has 2 heterocycles. The lowest BCUT2D eigenvalue weighted by atomic mass is 10.0. The largest absolute Gasteiger partial charge is 0.456 e. The minimum atomic E-state index is 0.904. The van der Waals surface area contributed by atoms with E-state index < -0.39 is 0 Å². The highest BCUT2D eigenvalue weighted by atomic mass is 16.3. The van der Waals surface area contributed by atoms with Crippen LogP contribution in [0, 0.1) is 6.92 Å². The third-order valence-corrected chi connectivity index (χ3v) is 5.01. The molecule has 0 atom stereocenters. The molecule has 2 aromatic heterocycles. The van der Waals surface area contributed by atoms with E-state index in [0.29, 0.717) is 0 Å². The van der Waals surface area contributed by atoms with Crippen molar-refractivity contribution in [3.63, 3.8) is 0 Å². The first-order chi connectivity index (χ1) is 12.8. The van der Waals surface area contributed by atoms with Crippen LogP contribution in [0.15, 0.2) is 75.6 Å². The van der Waals surface area contributed by atoms with Gasteiger partial charge in [-0.1, -0.05) is 54.6 Å². The van der Waals surface area contributed by atoms with Crippen LogP contribution in [0.1, 0.15) is 18.2 Å². The van der Waals surface area contributed by atoms with E-state index >= 15 is 0 Å². The predicted molar refractivity (Wildman–Crippen MR) is 108 cm³/mol. The smallest absolute Gasteiger partial charge is 0.143 e. The van der Waals surface area contributed by atoms with E-state index in [0.717, 1.165) is 49.8 Å². The second-order valence-corrected chi connectivity index (χ2v) is 6.58. The van der Waals surface area contributed by atoms with Gasteiger partial charge in [0, 0.05) is 27.3 Å². The van der Waals surface area contributed by atoms with Gasteiger partial charge in [-0.2, -0.15) is 0 Å². The van der Waals surface area contributed by atoms with Crippen molar-refractivity contribution in [2.24, 2.45) is 0 Å². The average molecular weight is 338 g/mol. The Bertz CT molecular complexity index is 1300. The fourth-order valence-electron chi connectivity index (χ4n) is 3.70. The molecule has 0 saturated heterocycles. The van der Waals surface area contributed by atoms with Crippen molar-refractivity contribution in [2.45, 2.75) is 13.8 Å². The normalized spacial score (nSPS) is 12.1. The van der Waals surface area contributed by atoms with Crippen LogP contribution in [0.25, 0.3) is 50.1 Å². The molecule has 2 heteroatoms. The van der Waals surface area contributed by atoms with E-state index in [1.165, 1.54) is 5.56 Å². The molecule has 0 aliphatic heterocycles. The molecular formula is C24H18O2. The van der Waals surface area contributed by atoms with Crippen LogP contribution in [0.2, 0.25) is 0 Å². The van der Waals surface area contributed by atoms with Gasteiger partial charge in [0.1, 0.15) is 22.5 Å². The van der Waals surface area contributed by atoms with E-state index in [4.69, 9.17) is 8.83 Å². The maximum atomic E-state index is 6.18. The molecule has 0 saturated carbocycles. The third kappa shape index (κ3) is 2.12. The molecule has 5 aromatic rings. The topological polar surface area (TPSA) is 26.3 Å². The summed E-state index contributed by atoms with van der Waals surface area (Å²) in [5, 5.41) is 3.44. The van der Waals surface area contributed by atoms with Crippen molar-refractivity contribution in [3.05, 3.63) is 78.1 Å². The van der Waals surface area contributed by atoms with Gasteiger partial charge in [-0.3, -0.25) is 0 Å². The number of allylic oxidation sites excluding steroid dienone is 1. The molecule has 26 heavy (non-hydrogen) atoms. The van der Waals surface area contributed by atoms with Gasteiger partial charge in [-0.25, -0.2) is 0 Å². The van der Waals surface area contributed by atoms with Gasteiger partial charge < -0.3 is 8.83 Å². The summed E-state index contributed by atoms with van der Waals surface area (Å²) in [6.45, 7) is 4.10. The highest BCUT2D eigenvalue weighted by molar-refractivity contribution is 6.09. The fraction of sp³-hybridized carbons (Fsp3) is 0.0833. The number of benzene rings is 3. The van der Waals surface area contributed by atoms with E-state index in [-0.39, 0.29) is 0 Å². The number of para-hydroxylation sites is 2. The van der Waals surface area contributed by atoms with Crippen LogP contribution in [0.5, 0.6) is 0 Å². The summed E-state index contributed by atoms with van der Waals surface area (Å²) in [5.41, 5.74) is 6.10. The van der Waals surface area contributed by atoms with Crippen molar-refractivity contribution in [3.8, 4) is 11.1 Å². The van der Waals surface area contributed by atoms with Gasteiger partial charge in [0.05, 0.1) is 0 Å². The zero-order valence-electron chi connectivity index (χ0n) is 14.7. The summed E-state index contributed by atoms with van der Waals surface area (Å²) in [7, 11) is 0. The summed E-state index contributed by atoms with van der Waals surface area (Å²) >= 11 is 0. The Morgan fingerprint density at radius 2 is 1.62 bits per heavy atom. The highest BCUT2D eigenvalue weighted by Crippen LogP contribution is 2.37. The summed E-state index contributed by atoms with van der Waals surface area (Å²) in [6.07, 6.45) is 4.01. The second kappa shape index (κ2) is 5.63. The molecule has 0 amide bonds. The van der Waals surface area contributed by atoms with E-state index in [1.807, 2.05) is 37.3 Å². The molecule has 0 bridgehead atoms.